The van der Waals surface area contributed by atoms with Gasteiger partial charge < -0.3 is 15.3 Å². The average Bonchev–Trinajstić information content (AvgIpc) is 2.90. The van der Waals surface area contributed by atoms with Gasteiger partial charge in [-0.2, -0.15) is 0 Å². The summed E-state index contributed by atoms with van der Waals surface area (Å²) in [4.78, 5) is 35.9. The maximum Gasteiger partial charge on any atom is 0.303 e. The van der Waals surface area contributed by atoms with E-state index in [0.29, 0.717) is 6.42 Å². The lowest BCUT2D eigenvalue weighted by molar-refractivity contribution is -0.173. The predicted octanol–water partition coefficient (Wildman–Crippen LogP) is 2.60. The monoisotopic (exact) mass is 414 g/mol. The second-order valence-corrected chi connectivity index (χ2v) is 9.93. The molecule has 6 heteroatoms. The van der Waals surface area contributed by atoms with Gasteiger partial charge in [-0.15, -0.1) is 0 Å². The molecule has 4 rings (SSSR count). The van der Waals surface area contributed by atoms with E-state index in [0.717, 1.165) is 24.0 Å². The van der Waals surface area contributed by atoms with Crippen LogP contribution in [-0.2, 0) is 14.4 Å². The van der Waals surface area contributed by atoms with Crippen molar-refractivity contribution in [2.24, 2.45) is 28.6 Å². The van der Waals surface area contributed by atoms with Crippen molar-refractivity contribution in [3.05, 3.63) is 35.5 Å². The third kappa shape index (κ3) is 2.59. The Morgan fingerprint density at radius 1 is 1.23 bits per heavy atom. The van der Waals surface area contributed by atoms with Gasteiger partial charge in [0.05, 0.1) is 12.5 Å². The predicted molar refractivity (Wildman–Crippen MR) is 109 cm³/mol. The Hall–Kier alpha value is -2.05. The van der Waals surface area contributed by atoms with Gasteiger partial charge in [0.15, 0.2) is 11.6 Å². The van der Waals surface area contributed by atoms with Gasteiger partial charge in [-0.1, -0.05) is 37.1 Å². The van der Waals surface area contributed by atoms with Crippen LogP contribution in [0.15, 0.2) is 35.5 Å². The Kier molecular flexibility index (Phi) is 4.75. The molecule has 0 aromatic heterocycles. The fourth-order valence-corrected chi connectivity index (χ4v) is 6.87. The summed E-state index contributed by atoms with van der Waals surface area (Å²) in [5.41, 5.74) is -1.18. The number of carbonyl (C=O) groups is 3. The molecule has 162 valence electrons. The minimum atomic E-state index is -1.77. The van der Waals surface area contributed by atoms with E-state index in [9.17, 15) is 24.6 Å². The third-order valence-electron chi connectivity index (χ3n) is 8.63. The molecule has 30 heavy (non-hydrogen) atoms. The van der Waals surface area contributed by atoms with Gasteiger partial charge >= 0.3 is 5.97 Å². The first-order valence-corrected chi connectivity index (χ1v) is 10.8. The molecule has 0 heterocycles. The first-order valence-electron chi connectivity index (χ1n) is 10.8. The molecule has 0 spiro atoms. The summed E-state index contributed by atoms with van der Waals surface area (Å²) in [6, 6.07) is 0. The highest BCUT2D eigenvalue weighted by molar-refractivity contribution is 6.01. The fourth-order valence-electron chi connectivity index (χ4n) is 6.87. The van der Waals surface area contributed by atoms with Crippen LogP contribution in [0.2, 0.25) is 0 Å². The van der Waals surface area contributed by atoms with E-state index in [2.05, 4.69) is 6.92 Å². The Balaban J connectivity index is 1.77. The number of hydrogen-bond donors (Lipinski definition) is 3. The van der Waals surface area contributed by atoms with Gasteiger partial charge in [-0.05, 0) is 56.1 Å². The lowest BCUT2D eigenvalue weighted by atomic mass is 9.50. The Morgan fingerprint density at radius 2 is 1.93 bits per heavy atom. The number of carbonyl (C=O) groups excluding carboxylic acids is 2. The van der Waals surface area contributed by atoms with Crippen molar-refractivity contribution < 1.29 is 29.7 Å². The summed E-state index contributed by atoms with van der Waals surface area (Å²) >= 11 is 0. The number of allylic oxidation sites excluding steroid dienone is 5. The molecule has 0 bridgehead atoms. The molecular formula is C24H30O6. The summed E-state index contributed by atoms with van der Waals surface area (Å²) in [7, 11) is 0. The number of carboxylic acid groups (broad SMARTS) is 1. The summed E-state index contributed by atoms with van der Waals surface area (Å²) < 4.78 is 0. The van der Waals surface area contributed by atoms with Crippen LogP contribution in [0.1, 0.15) is 52.9 Å². The number of aliphatic hydroxyl groups excluding tert-OH is 1. The van der Waals surface area contributed by atoms with Crippen molar-refractivity contribution in [3.8, 4) is 0 Å². The van der Waals surface area contributed by atoms with Crippen molar-refractivity contribution in [2.45, 2.75) is 64.6 Å². The van der Waals surface area contributed by atoms with Crippen LogP contribution in [0.5, 0.6) is 0 Å². The molecule has 4 aliphatic carbocycles. The SMILES string of the molecule is C[C@H]1C[C@H]2[C@@H]3CCC4=CC(=O)C=C[C@]4(C)C3=CC(O)[C@]2(C)[C@@]1(O)C(=O)CCC(=O)O. The minimum absolute atomic E-state index is 0.0180. The summed E-state index contributed by atoms with van der Waals surface area (Å²) in [6.07, 6.45) is 7.51. The van der Waals surface area contributed by atoms with E-state index >= 15 is 0 Å². The highest BCUT2D eigenvalue weighted by Crippen LogP contribution is 2.66. The number of rotatable bonds is 4. The topological polar surface area (TPSA) is 112 Å². The Labute approximate surface area is 176 Å². The van der Waals surface area contributed by atoms with Gasteiger partial charge in [-0.3, -0.25) is 14.4 Å². The normalized spacial score (nSPS) is 44.5. The molecule has 0 saturated heterocycles. The highest BCUT2D eigenvalue weighted by atomic mass is 16.4. The molecule has 0 amide bonds. The van der Waals surface area contributed by atoms with Crippen LogP contribution in [0.4, 0.5) is 0 Å². The van der Waals surface area contributed by atoms with Crippen LogP contribution in [-0.4, -0.2) is 44.6 Å². The number of carboxylic acids is 1. The molecule has 0 aliphatic heterocycles. The summed E-state index contributed by atoms with van der Waals surface area (Å²) in [5.74, 6) is -2.00. The number of aliphatic hydroxyl groups is 2. The Morgan fingerprint density at radius 3 is 2.60 bits per heavy atom. The lowest BCUT2D eigenvalue weighted by Gasteiger charge is -2.55. The number of hydrogen-bond acceptors (Lipinski definition) is 5. The standard InChI is InChI=1S/C24H30O6/c1-13-10-18-16-5-4-14-11-15(25)8-9-22(14,2)17(16)12-20(27)23(18,3)24(13,30)19(26)6-7-21(28)29/h8-9,11-13,16,18,20,27,30H,4-7,10H2,1-3H3,(H,28,29)/t13-,16+,18-,20?,22-,23+,24-/m0/s1. The summed E-state index contributed by atoms with van der Waals surface area (Å²) in [6.45, 7) is 5.67. The van der Waals surface area contributed by atoms with Crippen LogP contribution < -0.4 is 0 Å². The molecule has 6 nitrogen and oxygen atoms in total. The molecule has 2 fully saturated rings. The summed E-state index contributed by atoms with van der Waals surface area (Å²) in [5, 5.41) is 32.0. The van der Waals surface area contributed by atoms with Gasteiger partial charge in [0.1, 0.15) is 5.60 Å². The largest absolute Gasteiger partial charge is 0.481 e. The minimum Gasteiger partial charge on any atom is -0.481 e. The van der Waals surface area contributed by atoms with E-state index < -0.39 is 34.3 Å². The van der Waals surface area contributed by atoms with Crippen LogP contribution in [0, 0.1) is 28.6 Å². The zero-order valence-corrected chi connectivity index (χ0v) is 17.7. The molecule has 0 radical (unpaired) electrons. The van der Waals surface area contributed by atoms with Gasteiger partial charge in [0.2, 0.25) is 0 Å². The maximum atomic E-state index is 13.1. The molecule has 4 aliphatic rings. The smallest absolute Gasteiger partial charge is 0.303 e. The van der Waals surface area contributed by atoms with Crippen molar-refractivity contribution in [1.82, 2.24) is 0 Å². The number of ketones is 2. The number of aliphatic carboxylic acids is 1. The molecular weight excluding hydrogens is 384 g/mol. The van der Waals surface area contributed by atoms with E-state index in [-0.39, 0.29) is 36.4 Å². The molecule has 2 saturated carbocycles. The van der Waals surface area contributed by atoms with Crippen LogP contribution in [0.25, 0.3) is 0 Å². The third-order valence-corrected chi connectivity index (χ3v) is 8.63. The molecule has 1 unspecified atom stereocenters. The zero-order chi connectivity index (χ0) is 22.1. The maximum absolute atomic E-state index is 13.1. The number of fused-ring (bicyclic) bond motifs is 5. The molecule has 3 N–H and O–H groups in total. The van der Waals surface area contributed by atoms with Crippen molar-refractivity contribution in [3.63, 3.8) is 0 Å². The second-order valence-electron chi connectivity index (χ2n) is 9.93. The van der Waals surface area contributed by atoms with E-state index in [4.69, 9.17) is 5.11 Å². The van der Waals surface area contributed by atoms with E-state index in [1.165, 1.54) is 0 Å². The lowest BCUT2D eigenvalue weighted by Crippen LogP contribution is -2.62. The quantitative estimate of drug-likeness (QED) is 0.610. The zero-order valence-electron chi connectivity index (χ0n) is 17.7. The van der Waals surface area contributed by atoms with Gasteiger partial charge in [0.25, 0.3) is 0 Å². The first-order chi connectivity index (χ1) is 14.0. The van der Waals surface area contributed by atoms with E-state index in [1.807, 2.05) is 13.0 Å². The van der Waals surface area contributed by atoms with Crippen molar-refractivity contribution >= 4 is 17.5 Å². The average molecular weight is 414 g/mol. The van der Waals surface area contributed by atoms with Crippen molar-refractivity contribution in [1.29, 1.82) is 0 Å². The fraction of sp³-hybridized carbons (Fsp3) is 0.625. The Bertz CT molecular complexity index is 913. The number of Topliss-reactive ketones (excluding diaryl/α,β-unsaturated/α-hetero) is 1. The van der Waals surface area contributed by atoms with Crippen LogP contribution in [0.3, 0.4) is 0 Å². The van der Waals surface area contributed by atoms with Crippen molar-refractivity contribution in [2.75, 3.05) is 0 Å². The molecule has 0 aromatic carbocycles. The second kappa shape index (κ2) is 6.72. The first kappa shape index (κ1) is 21.2. The van der Waals surface area contributed by atoms with Crippen LogP contribution >= 0.6 is 0 Å². The van der Waals surface area contributed by atoms with Gasteiger partial charge in [-0.25, -0.2) is 0 Å². The molecule has 0 aromatic rings. The molecule has 7 atom stereocenters. The van der Waals surface area contributed by atoms with Gasteiger partial charge in [0, 0.05) is 17.3 Å². The highest BCUT2D eigenvalue weighted by Gasteiger charge is 2.69. The van der Waals surface area contributed by atoms with E-state index in [1.54, 1.807) is 25.2 Å².